The smallest absolute Gasteiger partial charge is 0.0545 e. The third kappa shape index (κ3) is 3.08. The van der Waals surface area contributed by atoms with Crippen molar-refractivity contribution in [3.63, 3.8) is 0 Å². The van der Waals surface area contributed by atoms with Gasteiger partial charge in [-0.2, -0.15) is 0 Å². The molecule has 2 fully saturated rings. The molecule has 0 amide bonds. The maximum atomic E-state index is 5.68. The first-order valence-electron chi connectivity index (χ1n) is 7.69. The first-order chi connectivity index (χ1) is 9.26. The first-order valence-corrected chi connectivity index (χ1v) is 7.69. The maximum Gasteiger partial charge on any atom is 0.0545 e. The van der Waals surface area contributed by atoms with Crippen LogP contribution < -0.4 is 5.73 Å². The third-order valence-corrected chi connectivity index (χ3v) is 5.06. The van der Waals surface area contributed by atoms with Gasteiger partial charge in [-0.25, -0.2) is 0 Å². The Morgan fingerprint density at radius 1 is 1.05 bits per heavy atom. The van der Waals surface area contributed by atoms with Crippen LogP contribution in [0.2, 0.25) is 0 Å². The van der Waals surface area contributed by atoms with E-state index in [2.05, 4.69) is 16.0 Å². The summed E-state index contributed by atoms with van der Waals surface area (Å²) >= 11 is 0. The highest BCUT2D eigenvalue weighted by Crippen LogP contribution is 2.44. The Bertz CT molecular complexity index is 397. The van der Waals surface area contributed by atoms with Crippen molar-refractivity contribution in [1.29, 1.82) is 0 Å². The SMILES string of the molecule is Nc1ccc(CN2CCC3(CCCCC3)CC2)nc1. The lowest BCUT2D eigenvalue weighted by Crippen LogP contribution is -2.40. The summed E-state index contributed by atoms with van der Waals surface area (Å²) in [5.41, 5.74) is 8.28. The van der Waals surface area contributed by atoms with Gasteiger partial charge >= 0.3 is 0 Å². The molecule has 3 nitrogen and oxygen atoms in total. The number of nitrogen functional groups attached to an aromatic ring is 1. The van der Waals surface area contributed by atoms with Gasteiger partial charge in [-0.05, 0) is 56.3 Å². The zero-order chi connectivity index (χ0) is 13.1. The highest BCUT2D eigenvalue weighted by atomic mass is 15.1. The van der Waals surface area contributed by atoms with Crippen molar-refractivity contribution < 1.29 is 0 Å². The van der Waals surface area contributed by atoms with E-state index in [1.165, 1.54) is 58.0 Å². The number of aromatic nitrogens is 1. The minimum absolute atomic E-state index is 0.698. The molecule has 1 aromatic heterocycles. The Morgan fingerprint density at radius 3 is 2.42 bits per heavy atom. The summed E-state index contributed by atoms with van der Waals surface area (Å²) < 4.78 is 0. The topological polar surface area (TPSA) is 42.1 Å². The fourth-order valence-corrected chi connectivity index (χ4v) is 3.75. The zero-order valence-corrected chi connectivity index (χ0v) is 11.8. The number of hydrogen-bond acceptors (Lipinski definition) is 3. The summed E-state index contributed by atoms with van der Waals surface area (Å²) in [6.07, 6.45) is 11.9. The van der Waals surface area contributed by atoms with Gasteiger partial charge in [0.05, 0.1) is 17.6 Å². The fourth-order valence-electron chi connectivity index (χ4n) is 3.75. The molecule has 104 valence electrons. The standard InChI is InChI=1S/C16H25N3/c17-14-4-5-15(18-12-14)13-19-10-8-16(9-11-19)6-2-1-3-7-16/h4-5,12H,1-3,6-11,13,17H2. The molecule has 0 radical (unpaired) electrons. The molecule has 2 N–H and O–H groups in total. The van der Waals surface area contributed by atoms with E-state index in [1.807, 2.05) is 6.07 Å². The number of likely N-dealkylation sites (tertiary alicyclic amines) is 1. The van der Waals surface area contributed by atoms with Crippen LogP contribution in [0.1, 0.15) is 50.6 Å². The summed E-state index contributed by atoms with van der Waals surface area (Å²) in [5, 5.41) is 0. The predicted molar refractivity (Wildman–Crippen MR) is 78.7 cm³/mol. The van der Waals surface area contributed by atoms with E-state index in [0.29, 0.717) is 5.41 Å². The Morgan fingerprint density at radius 2 is 1.79 bits per heavy atom. The van der Waals surface area contributed by atoms with Crippen molar-refractivity contribution in [3.8, 4) is 0 Å². The summed E-state index contributed by atoms with van der Waals surface area (Å²) in [6, 6.07) is 4.01. The maximum absolute atomic E-state index is 5.68. The molecule has 2 heterocycles. The monoisotopic (exact) mass is 259 g/mol. The average Bonchev–Trinajstić information content (AvgIpc) is 2.45. The molecule has 0 unspecified atom stereocenters. The number of hydrogen-bond donors (Lipinski definition) is 1. The van der Waals surface area contributed by atoms with E-state index in [9.17, 15) is 0 Å². The minimum Gasteiger partial charge on any atom is -0.397 e. The van der Waals surface area contributed by atoms with E-state index in [-0.39, 0.29) is 0 Å². The van der Waals surface area contributed by atoms with Crippen molar-refractivity contribution >= 4 is 5.69 Å². The fraction of sp³-hybridized carbons (Fsp3) is 0.688. The number of piperidine rings is 1. The molecule has 0 bridgehead atoms. The van der Waals surface area contributed by atoms with Gasteiger partial charge in [0.25, 0.3) is 0 Å². The molecule has 3 rings (SSSR count). The van der Waals surface area contributed by atoms with Crippen LogP contribution in [0.15, 0.2) is 18.3 Å². The normalized spacial score (nSPS) is 23.6. The van der Waals surface area contributed by atoms with E-state index in [0.717, 1.165) is 17.9 Å². The molecule has 1 spiro atoms. The van der Waals surface area contributed by atoms with E-state index < -0.39 is 0 Å². The van der Waals surface area contributed by atoms with E-state index in [4.69, 9.17) is 5.73 Å². The molecular formula is C16H25N3. The van der Waals surface area contributed by atoms with Gasteiger partial charge in [0.15, 0.2) is 0 Å². The van der Waals surface area contributed by atoms with Crippen LogP contribution in [-0.4, -0.2) is 23.0 Å². The Balaban J connectivity index is 1.54. The lowest BCUT2D eigenvalue weighted by molar-refractivity contribution is 0.0635. The summed E-state index contributed by atoms with van der Waals surface area (Å²) in [4.78, 5) is 6.96. The third-order valence-electron chi connectivity index (χ3n) is 5.06. The van der Waals surface area contributed by atoms with Gasteiger partial charge in [0.1, 0.15) is 0 Å². The van der Waals surface area contributed by atoms with Crippen molar-refractivity contribution in [2.24, 2.45) is 5.41 Å². The highest BCUT2D eigenvalue weighted by molar-refractivity contribution is 5.34. The predicted octanol–water partition coefficient (Wildman–Crippen LogP) is 3.21. The molecule has 1 saturated heterocycles. The number of nitrogens with zero attached hydrogens (tertiary/aromatic N) is 2. The Hall–Kier alpha value is -1.09. The van der Waals surface area contributed by atoms with Crippen LogP contribution >= 0.6 is 0 Å². The molecule has 19 heavy (non-hydrogen) atoms. The van der Waals surface area contributed by atoms with Gasteiger partial charge in [0, 0.05) is 6.54 Å². The van der Waals surface area contributed by atoms with E-state index in [1.54, 1.807) is 6.20 Å². The molecule has 2 aliphatic rings. The van der Waals surface area contributed by atoms with Gasteiger partial charge in [0.2, 0.25) is 0 Å². The van der Waals surface area contributed by atoms with E-state index >= 15 is 0 Å². The second kappa shape index (κ2) is 5.49. The molecule has 1 aliphatic carbocycles. The molecule has 1 aliphatic heterocycles. The Labute approximate surface area is 116 Å². The highest BCUT2D eigenvalue weighted by Gasteiger charge is 2.35. The van der Waals surface area contributed by atoms with Crippen LogP contribution in [-0.2, 0) is 6.54 Å². The van der Waals surface area contributed by atoms with Gasteiger partial charge in [-0.15, -0.1) is 0 Å². The molecule has 0 aromatic carbocycles. The van der Waals surface area contributed by atoms with Crippen molar-refractivity contribution in [2.45, 2.75) is 51.5 Å². The number of pyridine rings is 1. The number of rotatable bonds is 2. The Kier molecular flexibility index (Phi) is 3.74. The quantitative estimate of drug-likeness (QED) is 0.886. The van der Waals surface area contributed by atoms with Crippen LogP contribution in [0.4, 0.5) is 5.69 Å². The second-order valence-corrected chi connectivity index (χ2v) is 6.42. The summed E-state index contributed by atoms with van der Waals surface area (Å²) in [7, 11) is 0. The van der Waals surface area contributed by atoms with Gasteiger partial charge in [-0.1, -0.05) is 19.3 Å². The molecule has 0 atom stereocenters. The average molecular weight is 259 g/mol. The van der Waals surface area contributed by atoms with Crippen molar-refractivity contribution in [3.05, 3.63) is 24.0 Å². The minimum atomic E-state index is 0.698. The van der Waals surface area contributed by atoms with Crippen molar-refractivity contribution in [1.82, 2.24) is 9.88 Å². The molecule has 3 heteroatoms. The van der Waals surface area contributed by atoms with Gasteiger partial charge < -0.3 is 5.73 Å². The van der Waals surface area contributed by atoms with Crippen LogP contribution in [0, 0.1) is 5.41 Å². The number of nitrogens with two attached hydrogens (primary N) is 1. The summed E-state index contributed by atoms with van der Waals surface area (Å²) in [6.45, 7) is 3.47. The molecular weight excluding hydrogens is 234 g/mol. The lowest BCUT2D eigenvalue weighted by atomic mass is 9.68. The molecule has 1 aromatic rings. The van der Waals surface area contributed by atoms with Gasteiger partial charge in [-0.3, -0.25) is 9.88 Å². The summed E-state index contributed by atoms with van der Waals surface area (Å²) in [5.74, 6) is 0. The lowest BCUT2D eigenvalue weighted by Gasteiger charge is -2.44. The van der Waals surface area contributed by atoms with Crippen LogP contribution in [0.5, 0.6) is 0 Å². The zero-order valence-electron chi connectivity index (χ0n) is 11.8. The first kappa shape index (κ1) is 12.9. The molecule has 1 saturated carbocycles. The largest absolute Gasteiger partial charge is 0.397 e. The van der Waals surface area contributed by atoms with Crippen LogP contribution in [0.3, 0.4) is 0 Å². The van der Waals surface area contributed by atoms with Crippen LogP contribution in [0.25, 0.3) is 0 Å². The number of anilines is 1. The van der Waals surface area contributed by atoms with Crippen molar-refractivity contribution in [2.75, 3.05) is 18.8 Å². The second-order valence-electron chi connectivity index (χ2n) is 6.42.